The minimum Gasteiger partial charge on any atom is -0.366 e. The standard InChI is InChI=1S/C22H25F3N4/c1-12-9-16(15(4)28-17-10-18(23)21(25)19(24)11-17)7-8-20(12)29-22(27-6)13(2)14(3)26-5/h7-11,22,27-29H,4-5H2,1-3,6H3/b14-13+. The number of nitrogens with zero attached hydrogens (tertiary/aromatic N) is 1. The van der Waals surface area contributed by atoms with Crippen LogP contribution in [0.15, 0.2) is 53.2 Å². The van der Waals surface area contributed by atoms with Gasteiger partial charge in [-0.15, -0.1) is 0 Å². The van der Waals surface area contributed by atoms with Crippen molar-refractivity contribution in [2.75, 3.05) is 17.7 Å². The van der Waals surface area contributed by atoms with Gasteiger partial charge in [0.05, 0.1) is 0 Å². The van der Waals surface area contributed by atoms with Crippen LogP contribution in [0.1, 0.15) is 25.0 Å². The molecular weight excluding hydrogens is 377 g/mol. The molecule has 7 heteroatoms. The van der Waals surface area contributed by atoms with Gasteiger partial charge in [-0.2, -0.15) is 0 Å². The third kappa shape index (κ3) is 5.26. The van der Waals surface area contributed by atoms with Gasteiger partial charge in [-0.25, -0.2) is 13.2 Å². The maximum absolute atomic E-state index is 13.4. The van der Waals surface area contributed by atoms with E-state index in [4.69, 9.17) is 0 Å². The van der Waals surface area contributed by atoms with Gasteiger partial charge in [0, 0.05) is 34.9 Å². The number of rotatable bonds is 8. The highest BCUT2D eigenvalue weighted by Gasteiger charge is 2.14. The van der Waals surface area contributed by atoms with E-state index in [0.717, 1.165) is 40.2 Å². The van der Waals surface area contributed by atoms with Crippen LogP contribution >= 0.6 is 0 Å². The molecule has 0 heterocycles. The van der Waals surface area contributed by atoms with Crippen LogP contribution in [0.5, 0.6) is 0 Å². The minimum atomic E-state index is -1.50. The first kappa shape index (κ1) is 22.2. The van der Waals surface area contributed by atoms with E-state index in [2.05, 4.69) is 34.2 Å². The zero-order valence-electron chi connectivity index (χ0n) is 17.0. The van der Waals surface area contributed by atoms with Crippen LogP contribution in [-0.2, 0) is 0 Å². The topological polar surface area (TPSA) is 48.5 Å². The van der Waals surface area contributed by atoms with Gasteiger partial charge in [-0.05, 0) is 63.4 Å². The molecule has 0 saturated carbocycles. The van der Waals surface area contributed by atoms with Crippen LogP contribution in [0.4, 0.5) is 24.5 Å². The molecule has 3 N–H and O–H groups in total. The van der Waals surface area contributed by atoms with Gasteiger partial charge in [0.15, 0.2) is 17.5 Å². The third-order valence-corrected chi connectivity index (χ3v) is 4.68. The summed E-state index contributed by atoms with van der Waals surface area (Å²) in [4.78, 5) is 3.97. The first-order valence-corrected chi connectivity index (χ1v) is 8.97. The van der Waals surface area contributed by atoms with E-state index in [-0.39, 0.29) is 11.9 Å². The lowest BCUT2D eigenvalue weighted by Gasteiger charge is -2.23. The molecule has 0 spiro atoms. The van der Waals surface area contributed by atoms with Crippen molar-refractivity contribution in [2.45, 2.75) is 26.9 Å². The molecule has 1 atom stereocenters. The molecule has 2 rings (SSSR count). The maximum Gasteiger partial charge on any atom is 0.194 e. The van der Waals surface area contributed by atoms with Gasteiger partial charge in [0.25, 0.3) is 0 Å². The SMILES string of the molecule is C=N/C(C)=C(\C)C(NC)Nc1ccc(C(=C)Nc2cc(F)c(F)c(F)c2)cc1C. The molecule has 0 aliphatic rings. The molecule has 0 amide bonds. The summed E-state index contributed by atoms with van der Waals surface area (Å²) < 4.78 is 39.9. The summed E-state index contributed by atoms with van der Waals surface area (Å²) in [7, 11) is 1.84. The highest BCUT2D eigenvalue weighted by atomic mass is 19.2. The first-order valence-electron chi connectivity index (χ1n) is 8.97. The van der Waals surface area contributed by atoms with Gasteiger partial charge < -0.3 is 10.6 Å². The van der Waals surface area contributed by atoms with Crippen LogP contribution in [-0.4, -0.2) is 19.9 Å². The largest absolute Gasteiger partial charge is 0.366 e. The number of hydrogen-bond donors (Lipinski definition) is 3. The van der Waals surface area contributed by atoms with Crippen molar-refractivity contribution in [3.63, 3.8) is 0 Å². The van der Waals surface area contributed by atoms with E-state index in [9.17, 15) is 13.2 Å². The smallest absolute Gasteiger partial charge is 0.194 e. The summed E-state index contributed by atoms with van der Waals surface area (Å²) in [6.07, 6.45) is -0.128. The number of aliphatic imine (C=N–C) groups is 1. The molecule has 2 aromatic rings. The zero-order chi connectivity index (χ0) is 21.7. The Labute approximate surface area is 169 Å². The Morgan fingerprint density at radius 2 is 1.69 bits per heavy atom. The maximum atomic E-state index is 13.4. The van der Waals surface area contributed by atoms with Crippen LogP contribution in [0.2, 0.25) is 0 Å². The second kappa shape index (κ2) is 9.43. The van der Waals surface area contributed by atoms with Gasteiger partial charge in [-0.1, -0.05) is 12.6 Å². The van der Waals surface area contributed by atoms with Crippen molar-refractivity contribution in [1.82, 2.24) is 5.32 Å². The Balaban J connectivity index is 2.20. The van der Waals surface area contributed by atoms with Crippen molar-refractivity contribution >= 4 is 23.8 Å². The van der Waals surface area contributed by atoms with E-state index >= 15 is 0 Å². The molecular formula is C22H25F3N4. The predicted molar refractivity (Wildman–Crippen MR) is 115 cm³/mol. The van der Waals surface area contributed by atoms with E-state index in [1.807, 2.05) is 46.0 Å². The molecule has 2 aromatic carbocycles. The lowest BCUT2D eigenvalue weighted by molar-refractivity contribution is 0.448. The molecule has 0 radical (unpaired) electrons. The summed E-state index contributed by atoms with van der Waals surface area (Å²) in [5.41, 5.74) is 4.93. The number of anilines is 2. The molecule has 0 saturated heterocycles. The van der Waals surface area contributed by atoms with Crippen LogP contribution in [0.25, 0.3) is 5.70 Å². The second-order valence-electron chi connectivity index (χ2n) is 6.68. The fourth-order valence-electron chi connectivity index (χ4n) is 2.77. The monoisotopic (exact) mass is 402 g/mol. The Morgan fingerprint density at radius 1 is 1.07 bits per heavy atom. The van der Waals surface area contributed by atoms with Crippen molar-refractivity contribution in [3.8, 4) is 0 Å². The van der Waals surface area contributed by atoms with Crippen molar-refractivity contribution in [1.29, 1.82) is 0 Å². The summed E-state index contributed by atoms with van der Waals surface area (Å²) in [6, 6.07) is 7.37. The lowest BCUT2D eigenvalue weighted by Crippen LogP contribution is -2.35. The quantitative estimate of drug-likeness (QED) is 0.313. The number of nitrogens with one attached hydrogen (secondary N) is 3. The summed E-state index contributed by atoms with van der Waals surface area (Å²) in [5, 5.41) is 9.40. The summed E-state index contributed by atoms with van der Waals surface area (Å²) >= 11 is 0. The second-order valence-corrected chi connectivity index (χ2v) is 6.68. The molecule has 4 nitrogen and oxygen atoms in total. The van der Waals surface area contributed by atoms with E-state index in [0.29, 0.717) is 5.70 Å². The fraction of sp³-hybridized carbons (Fsp3) is 0.227. The zero-order valence-corrected chi connectivity index (χ0v) is 17.0. The van der Waals surface area contributed by atoms with Crippen molar-refractivity contribution in [2.24, 2.45) is 4.99 Å². The van der Waals surface area contributed by atoms with Crippen LogP contribution in [0, 0.1) is 24.4 Å². The Bertz CT molecular complexity index is 944. The average molecular weight is 402 g/mol. The summed E-state index contributed by atoms with van der Waals surface area (Å²) in [5.74, 6) is -4.03. The van der Waals surface area contributed by atoms with Crippen LogP contribution in [0.3, 0.4) is 0 Å². The Kier molecular flexibility index (Phi) is 7.23. The number of benzene rings is 2. The molecule has 154 valence electrons. The van der Waals surface area contributed by atoms with E-state index in [1.165, 1.54) is 0 Å². The van der Waals surface area contributed by atoms with Crippen molar-refractivity contribution in [3.05, 3.63) is 76.8 Å². The Hall–Kier alpha value is -3.06. The number of aryl methyl sites for hydroxylation is 1. The number of hydrogen-bond acceptors (Lipinski definition) is 4. The number of halogens is 3. The molecule has 0 aliphatic carbocycles. The highest BCUT2D eigenvalue weighted by Crippen LogP contribution is 2.25. The molecule has 0 aliphatic heterocycles. The molecule has 1 unspecified atom stereocenters. The molecule has 0 aromatic heterocycles. The summed E-state index contributed by atoms with van der Waals surface area (Å²) in [6.45, 7) is 13.2. The minimum absolute atomic E-state index is 0.0784. The molecule has 0 fully saturated rings. The molecule has 0 bridgehead atoms. The predicted octanol–water partition coefficient (Wildman–Crippen LogP) is 5.45. The van der Waals surface area contributed by atoms with Crippen LogP contribution < -0.4 is 16.0 Å². The number of allylic oxidation sites excluding steroid dienone is 1. The van der Waals surface area contributed by atoms with Gasteiger partial charge in [0.2, 0.25) is 0 Å². The van der Waals surface area contributed by atoms with E-state index < -0.39 is 17.5 Å². The lowest BCUT2D eigenvalue weighted by atomic mass is 10.1. The third-order valence-electron chi connectivity index (χ3n) is 4.68. The molecule has 29 heavy (non-hydrogen) atoms. The highest BCUT2D eigenvalue weighted by molar-refractivity contribution is 5.76. The van der Waals surface area contributed by atoms with E-state index in [1.54, 1.807) is 0 Å². The first-order chi connectivity index (χ1) is 13.7. The Morgan fingerprint density at radius 3 is 2.21 bits per heavy atom. The number of likely N-dealkylation sites (N-methyl/N-ethyl adjacent to an activating group) is 1. The van der Waals surface area contributed by atoms with Crippen molar-refractivity contribution < 1.29 is 13.2 Å². The van der Waals surface area contributed by atoms with Gasteiger partial charge in [-0.3, -0.25) is 10.3 Å². The van der Waals surface area contributed by atoms with Gasteiger partial charge >= 0.3 is 0 Å². The normalized spacial score (nSPS) is 12.8. The fourth-order valence-corrected chi connectivity index (χ4v) is 2.77. The van der Waals surface area contributed by atoms with Gasteiger partial charge in [0.1, 0.15) is 6.17 Å². The average Bonchev–Trinajstić information content (AvgIpc) is 2.69.